The number of nitrogens with one attached hydrogen (secondary N) is 1. The van der Waals surface area contributed by atoms with Crippen molar-refractivity contribution in [3.05, 3.63) is 36.4 Å². The number of hydrogen-bond donors (Lipinski definition) is 2. The highest BCUT2D eigenvalue weighted by atomic mass is 19.1. The molecule has 0 saturated heterocycles. The van der Waals surface area contributed by atoms with Crippen LogP contribution in [0.3, 0.4) is 0 Å². The Labute approximate surface area is 101 Å². The predicted octanol–water partition coefficient (Wildman–Crippen LogP) is 1.87. The fraction of sp³-hybridized carbons (Fsp3) is 0. The maximum atomic E-state index is 13.0. The van der Waals surface area contributed by atoms with Crippen LogP contribution in [0, 0.1) is 5.82 Å². The summed E-state index contributed by atoms with van der Waals surface area (Å²) < 4.78 is 18.5. The number of fused-ring (bicyclic) bond motifs is 1. The summed E-state index contributed by atoms with van der Waals surface area (Å²) in [6.07, 6.45) is 1.46. The molecule has 18 heavy (non-hydrogen) atoms. The second-order valence-corrected chi connectivity index (χ2v) is 3.55. The number of nitrogen functional groups attached to an aromatic ring is 1. The van der Waals surface area contributed by atoms with Gasteiger partial charge in [0, 0.05) is 6.07 Å². The summed E-state index contributed by atoms with van der Waals surface area (Å²) in [7, 11) is 0. The molecule has 6 nitrogen and oxygen atoms in total. The van der Waals surface area contributed by atoms with Crippen molar-refractivity contribution >= 4 is 17.1 Å². The van der Waals surface area contributed by atoms with E-state index in [9.17, 15) is 4.39 Å². The minimum atomic E-state index is -0.393. The second-order valence-electron chi connectivity index (χ2n) is 3.55. The lowest BCUT2D eigenvalue weighted by molar-refractivity contribution is 0.463. The fourth-order valence-corrected chi connectivity index (χ4v) is 1.54. The number of benzene rings is 1. The first-order chi connectivity index (χ1) is 8.72. The molecule has 0 aliphatic heterocycles. The highest BCUT2D eigenvalue weighted by Crippen LogP contribution is 2.25. The summed E-state index contributed by atoms with van der Waals surface area (Å²) in [6, 6.07) is 5.73. The van der Waals surface area contributed by atoms with Gasteiger partial charge in [0.05, 0.1) is 6.33 Å². The summed E-state index contributed by atoms with van der Waals surface area (Å²) in [5.41, 5.74) is 6.44. The zero-order chi connectivity index (χ0) is 12.5. The molecule has 0 spiro atoms. The van der Waals surface area contributed by atoms with E-state index >= 15 is 0 Å². The van der Waals surface area contributed by atoms with Crippen LogP contribution in [0.2, 0.25) is 0 Å². The minimum Gasteiger partial charge on any atom is -0.437 e. The normalized spacial score (nSPS) is 10.7. The SMILES string of the molecule is Nc1nc(Oc2cccc(F)c2)c2[nH]cnc2n1. The summed E-state index contributed by atoms with van der Waals surface area (Å²) >= 11 is 0. The maximum absolute atomic E-state index is 13.0. The highest BCUT2D eigenvalue weighted by molar-refractivity contribution is 5.77. The molecule has 3 rings (SSSR count). The molecule has 1 aromatic carbocycles. The van der Waals surface area contributed by atoms with Crippen molar-refractivity contribution in [1.29, 1.82) is 0 Å². The van der Waals surface area contributed by atoms with E-state index in [1.54, 1.807) is 12.1 Å². The molecule has 3 aromatic rings. The van der Waals surface area contributed by atoms with Crippen molar-refractivity contribution in [2.75, 3.05) is 5.73 Å². The molecule has 90 valence electrons. The van der Waals surface area contributed by atoms with Gasteiger partial charge in [-0.2, -0.15) is 9.97 Å². The molecular formula is C11H8FN5O. The lowest BCUT2D eigenvalue weighted by Gasteiger charge is -2.05. The maximum Gasteiger partial charge on any atom is 0.250 e. The number of aromatic amines is 1. The van der Waals surface area contributed by atoms with E-state index in [1.165, 1.54) is 18.5 Å². The molecule has 0 unspecified atom stereocenters. The zero-order valence-electron chi connectivity index (χ0n) is 9.09. The summed E-state index contributed by atoms with van der Waals surface area (Å²) in [5, 5.41) is 0. The van der Waals surface area contributed by atoms with Gasteiger partial charge in [0.15, 0.2) is 5.65 Å². The van der Waals surface area contributed by atoms with E-state index in [0.717, 1.165) is 0 Å². The van der Waals surface area contributed by atoms with Gasteiger partial charge in [0.2, 0.25) is 5.95 Å². The first kappa shape index (κ1) is 10.5. The minimum absolute atomic E-state index is 0.0426. The highest BCUT2D eigenvalue weighted by Gasteiger charge is 2.10. The molecule has 0 saturated carbocycles. The number of nitrogens with two attached hydrogens (primary N) is 1. The molecule has 2 aromatic heterocycles. The number of hydrogen-bond acceptors (Lipinski definition) is 5. The number of ether oxygens (including phenoxy) is 1. The van der Waals surface area contributed by atoms with Crippen molar-refractivity contribution in [1.82, 2.24) is 19.9 Å². The Balaban J connectivity index is 2.06. The fourth-order valence-electron chi connectivity index (χ4n) is 1.54. The van der Waals surface area contributed by atoms with Gasteiger partial charge < -0.3 is 15.5 Å². The number of anilines is 1. The molecule has 3 N–H and O–H groups in total. The van der Waals surface area contributed by atoms with Gasteiger partial charge in [-0.3, -0.25) is 0 Å². The molecule has 0 aliphatic rings. The first-order valence-corrected chi connectivity index (χ1v) is 5.12. The van der Waals surface area contributed by atoms with Crippen LogP contribution >= 0.6 is 0 Å². The number of imidazole rings is 1. The van der Waals surface area contributed by atoms with Crippen molar-refractivity contribution in [3.63, 3.8) is 0 Å². The monoisotopic (exact) mass is 245 g/mol. The third-order valence-corrected chi connectivity index (χ3v) is 2.28. The zero-order valence-corrected chi connectivity index (χ0v) is 9.09. The molecule has 0 fully saturated rings. The lowest BCUT2D eigenvalue weighted by Crippen LogP contribution is -1.98. The van der Waals surface area contributed by atoms with E-state index < -0.39 is 5.82 Å². The van der Waals surface area contributed by atoms with Crippen LogP contribution in [0.25, 0.3) is 11.2 Å². The van der Waals surface area contributed by atoms with E-state index in [0.29, 0.717) is 16.9 Å². The standard InChI is InChI=1S/C11H8FN5O/c12-6-2-1-3-7(4-6)18-10-8-9(15-5-14-8)16-11(13)17-10/h1-5H,(H3,13,14,15,16,17). The average Bonchev–Trinajstić information content (AvgIpc) is 2.77. The molecule has 0 bridgehead atoms. The van der Waals surface area contributed by atoms with Crippen LogP contribution in [-0.4, -0.2) is 19.9 Å². The van der Waals surface area contributed by atoms with E-state index in [2.05, 4.69) is 19.9 Å². The van der Waals surface area contributed by atoms with E-state index in [-0.39, 0.29) is 11.8 Å². The molecule has 0 atom stereocenters. The topological polar surface area (TPSA) is 89.7 Å². The van der Waals surface area contributed by atoms with Crippen LogP contribution in [0.4, 0.5) is 10.3 Å². The predicted molar refractivity (Wildman–Crippen MR) is 62.6 cm³/mol. The van der Waals surface area contributed by atoms with E-state index in [4.69, 9.17) is 10.5 Å². The smallest absolute Gasteiger partial charge is 0.250 e. The quantitative estimate of drug-likeness (QED) is 0.719. The largest absolute Gasteiger partial charge is 0.437 e. The van der Waals surface area contributed by atoms with Gasteiger partial charge in [-0.1, -0.05) is 6.07 Å². The summed E-state index contributed by atoms with van der Waals surface area (Å²) in [4.78, 5) is 14.7. The van der Waals surface area contributed by atoms with Crippen LogP contribution < -0.4 is 10.5 Å². The second kappa shape index (κ2) is 3.95. The van der Waals surface area contributed by atoms with Gasteiger partial charge in [-0.15, -0.1) is 0 Å². The first-order valence-electron chi connectivity index (χ1n) is 5.12. The van der Waals surface area contributed by atoms with Crippen molar-refractivity contribution in [2.45, 2.75) is 0 Å². The van der Waals surface area contributed by atoms with Crippen molar-refractivity contribution < 1.29 is 9.13 Å². The van der Waals surface area contributed by atoms with Crippen LogP contribution in [0.15, 0.2) is 30.6 Å². The summed E-state index contributed by atoms with van der Waals surface area (Å²) in [5.74, 6) is 0.181. The summed E-state index contributed by atoms with van der Waals surface area (Å²) in [6.45, 7) is 0. The van der Waals surface area contributed by atoms with Crippen molar-refractivity contribution in [3.8, 4) is 11.6 Å². The number of halogens is 1. The third kappa shape index (κ3) is 1.81. The Morgan fingerprint density at radius 3 is 3.00 bits per heavy atom. The Morgan fingerprint density at radius 1 is 1.28 bits per heavy atom. The molecule has 7 heteroatoms. The third-order valence-electron chi connectivity index (χ3n) is 2.28. The number of rotatable bonds is 2. The van der Waals surface area contributed by atoms with Gasteiger partial charge in [-0.05, 0) is 12.1 Å². The van der Waals surface area contributed by atoms with Gasteiger partial charge >= 0.3 is 0 Å². The Morgan fingerprint density at radius 2 is 2.17 bits per heavy atom. The van der Waals surface area contributed by atoms with Crippen LogP contribution in [-0.2, 0) is 0 Å². The lowest BCUT2D eigenvalue weighted by atomic mass is 10.3. The van der Waals surface area contributed by atoms with Crippen LogP contribution in [0.1, 0.15) is 0 Å². The molecule has 2 heterocycles. The van der Waals surface area contributed by atoms with Gasteiger partial charge in [0.1, 0.15) is 17.1 Å². The van der Waals surface area contributed by atoms with Gasteiger partial charge in [-0.25, -0.2) is 9.37 Å². The molecule has 0 radical (unpaired) electrons. The number of H-pyrrole nitrogens is 1. The van der Waals surface area contributed by atoms with Crippen molar-refractivity contribution in [2.24, 2.45) is 0 Å². The van der Waals surface area contributed by atoms with Gasteiger partial charge in [0.25, 0.3) is 5.88 Å². The molecule has 0 aliphatic carbocycles. The average molecular weight is 245 g/mol. The number of nitrogens with zero attached hydrogens (tertiary/aromatic N) is 3. The Bertz CT molecular complexity index is 711. The number of aromatic nitrogens is 4. The molecular weight excluding hydrogens is 237 g/mol. The Hall–Kier alpha value is -2.70. The van der Waals surface area contributed by atoms with E-state index in [1.807, 2.05) is 0 Å². The molecule has 0 amide bonds. The van der Waals surface area contributed by atoms with Crippen LogP contribution in [0.5, 0.6) is 11.6 Å². The Kier molecular flexibility index (Phi) is 2.30.